The molecule has 2 aliphatic heterocycles. The van der Waals surface area contributed by atoms with Crippen LogP contribution in [0.1, 0.15) is 13.8 Å². The SMILES string of the molecule is CC1(C)OC2C(O)COC2(CO)O1. The lowest BCUT2D eigenvalue weighted by Gasteiger charge is -2.24. The van der Waals surface area contributed by atoms with Crippen LogP contribution in [0.3, 0.4) is 0 Å². The Kier molecular flexibility index (Phi) is 1.91. The summed E-state index contributed by atoms with van der Waals surface area (Å²) >= 11 is 0. The monoisotopic (exact) mass is 190 g/mol. The van der Waals surface area contributed by atoms with Crippen molar-refractivity contribution < 1.29 is 24.4 Å². The van der Waals surface area contributed by atoms with Crippen LogP contribution in [0.15, 0.2) is 0 Å². The van der Waals surface area contributed by atoms with E-state index in [1.165, 1.54) is 0 Å². The van der Waals surface area contributed by atoms with Gasteiger partial charge in [0.05, 0.1) is 6.61 Å². The van der Waals surface area contributed by atoms with E-state index in [-0.39, 0.29) is 13.2 Å². The maximum Gasteiger partial charge on any atom is 0.224 e. The molecule has 2 heterocycles. The Morgan fingerprint density at radius 3 is 2.69 bits per heavy atom. The molecule has 13 heavy (non-hydrogen) atoms. The molecular formula is C8H14O5. The average molecular weight is 190 g/mol. The summed E-state index contributed by atoms with van der Waals surface area (Å²) in [6, 6.07) is 0. The Morgan fingerprint density at radius 1 is 1.46 bits per heavy atom. The van der Waals surface area contributed by atoms with Gasteiger partial charge in [0, 0.05) is 0 Å². The fourth-order valence-electron chi connectivity index (χ4n) is 1.86. The third-order valence-electron chi connectivity index (χ3n) is 2.33. The van der Waals surface area contributed by atoms with Crippen molar-refractivity contribution in [2.24, 2.45) is 0 Å². The Labute approximate surface area is 76.2 Å². The van der Waals surface area contributed by atoms with Crippen LogP contribution in [0.2, 0.25) is 0 Å². The van der Waals surface area contributed by atoms with Gasteiger partial charge >= 0.3 is 0 Å². The first-order chi connectivity index (χ1) is 5.99. The maximum absolute atomic E-state index is 9.49. The zero-order chi connectivity index (χ0) is 9.69. The first-order valence-electron chi connectivity index (χ1n) is 4.30. The molecule has 0 bridgehead atoms. The largest absolute Gasteiger partial charge is 0.391 e. The van der Waals surface area contributed by atoms with Crippen molar-refractivity contribution in [1.82, 2.24) is 0 Å². The first kappa shape index (κ1) is 9.36. The number of aliphatic hydroxyl groups is 2. The van der Waals surface area contributed by atoms with Crippen LogP contribution in [0.5, 0.6) is 0 Å². The Bertz CT molecular complexity index is 217. The number of aliphatic hydroxyl groups excluding tert-OH is 2. The van der Waals surface area contributed by atoms with Gasteiger partial charge in [0.15, 0.2) is 5.79 Å². The Hall–Kier alpha value is -0.200. The van der Waals surface area contributed by atoms with Crippen molar-refractivity contribution in [1.29, 1.82) is 0 Å². The van der Waals surface area contributed by atoms with Gasteiger partial charge < -0.3 is 24.4 Å². The van der Waals surface area contributed by atoms with Crippen molar-refractivity contribution in [3.05, 3.63) is 0 Å². The van der Waals surface area contributed by atoms with E-state index in [1.54, 1.807) is 13.8 Å². The highest BCUT2D eigenvalue weighted by Gasteiger charge is 2.61. The van der Waals surface area contributed by atoms with Gasteiger partial charge in [0.25, 0.3) is 0 Å². The molecule has 0 amide bonds. The minimum Gasteiger partial charge on any atom is -0.391 e. The highest BCUT2D eigenvalue weighted by molar-refractivity contribution is 4.97. The molecule has 3 unspecified atom stereocenters. The van der Waals surface area contributed by atoms with Gasteiger partial charge in [-0.1, -0.05) is 0 Å². The minimum absolute atomic E-state index is 0.140. The third-order valence-corrected chi connectivity index (χ3v) is 2.33. The van der Waals surface area contributed by atoms with E-state index in [0.717, 1.165) is 0 Å². The molecule has 0 spiro atoms. The van der Waals surface area contributed by atoms with Gasteiger partial charge in [-0.25, -0.2) is 0 Å². The van der Waals surface area contributed by atoms with E-state index in [9.17, 15) is 5.11 Å². The molecule has 2 N–H and O–H groups in total. The molecule has 2 aliphatic rings. The van der Waals surface area contributed by atoms with Crippen molar-refractivity contribution in [2.45, 2.75) is 37.6 Å². The van der Waals surface area contributed by atoms with Crippen molar-refractivity contribution in [2.75, 3.05) is 13.2 Å². The second-order valence-corrected chi connectivity index (χ2v) is 3.89. The molecule has 0 aromatic rings. The predicted molar refractivity (Wildman–Crippen MR) is 41.8 cm³/mol. The molecule has 5 heteroatoms. The van der Waals surface area contributed by atoms with Gasteiger partial charge in [0.2, 0.25) is 5.79 Å². The van der Waals surface area contributed by atoms with Crippen LogP contribution < -0.4 is 0 Å². The lowest BCUT2D eigenvalue weighted by Crippen LogP contribution is -2.43. The molecule has 0 radical (unpaired) electrons. The van der Waals surface area contributed by atoms with Crippen LogP contribution >= 0.6 is 0 Å². The van der Waals surface area contributed by atoms with Crippen molar-refractivity contribution >= 4 is 0 Å². The van der Waals surface area contributed by atoms with E-state index >= 15 is 0 Å². The second kappa shape index (κ2) is 2.65. The predicted octanol–water partition coefficient (Wildman–Crippen LogP) is -0.782. The molecule has 2 fully saturated rings. The smallest absolute Gasteiger partial charge is 0.224 e. The highest BCUT2D eigenvalue weighted by atomic mass is 16.9. The summed E-state index contributed by atoms with van der Waals surface area (Å²) in [5.74, 6) is -1.97. The molecule has 2 rings (SSSR count). The van der Waals surface area contributed by atoms with Crippen molar-refractivity contribution in [3.8, 4) is 0 Å². The van der Waals surface area contributed by atoms with Crippen LogP contribution in [-0.2, 0) is 14.2 Å². The quantitative estimate of drug-likeness (QED) is 0.567. The topological polar surface area (TPSA) is 68.2 Å². The summed E-state index contributed by atoms with van der Waals surface area (Å²) in [5.41, 5.74) is 0. The van der Waals surface area contributed by atoms with E-state index in [4.69, 9.17) is 19.3 Å². The number of ether oxygens (including phenoxy) is 3. The molecule has 0 aromatic heterocycles. The fraction of sp³-hybridized carbons (Fsp3) is 1.00. The van der Waals surface area contributed by atoms with Gasteiger partial charge in [-0.15, -0.1) is 0 Å². The summed E-state index contributed by atoms with van der Waals surface area (Å²) in [7, 11) is 0. The molecule has 2 saturated heterocycles. The maximum atomic E-state index is 9.49. The fourth-order valence-corrected chi connectivity index (χ4v) is 1.86. The van der Waals surface area contributed by atoms with Crippen LogP contribution in [0.25, 0.3) is 0 Å². The van der Waals surface area contributed by atoms with E-state index in [0.29, 0.717) is 0 Å². The zero-order valence-corrected chi connectivity index (χ0v) is 7.69. The lowest BCUT2D eigenvalue weighted by atomic mass is 10.1. The summed E-state index contributed by atoms with van der Waals surface area (Å²) < 4.78 is 16.1. The Balaban J connectivity index is 2.24. The zero-order valence-electron chi connectivity index (χ0n) is 7.69. The summed E-state index contributed by atoms with van der Waals surface area (Å²) in [5, 5.41) is 18.6. The van der Waals surface area contributed by atoms with Gasteiger partial charge in [-0.3, -0.25) is 0 Å². The minimum atomic E-state index is -1.16. The highest BCUT2D eigenvalue weighted by Crippen LogP contribution is 2.42. The first-order valence-corrected chi connectivity index (χ1v) is 4.30. The number of fused-ring (bicyclic) bond motifs is 1. The van der Waals surface area contributed by atoms with E-state index in [1.807, 2.05) is 0 Å². The van der Waals surface area contributed by atoms with Gasteiger partial charge in [-0.2, -0.15) is 0 Å². The molecule has 0 aromatic carbocycles. The molecule has 0 saturated carbocycles. The van der Waals surface area contributed by atoms with Crippen LogP contribution in [0, 0.1) is 0 Å². The molecular weight excluding hydrogens is 176 g/mol. The summed E-state index contributed by atoms with van der Waals surface area (Å²) in [4.78, 5) is 0. The number of rotatable bonds is 1. The number of hydrogen-bond acceptors (Lipinski definition) is 5. The van der Waals surface area contributed by atoms with Gasteiger partial charge in [0.1, 0.15) is 18.8 Å². The lowest BCUT2D eigenvalue weighted by molar-refractivity contribution is -0.259. The Morgan fingerprint density at radius 2 is 2.15 bits per heavy atom. The molecule has 76 valence electrons. The van der Waals surface area contributed by atoms with Crippen LogP contribution in [-0.4, -0.2) is 47.2 Å². The van der Waals surface area contributed by atoms with Crippen molar-refractivity contribution in [3.63, 3.8) is 0 Å². The standard InChI is InChI=1S/C8H14O5/c1-7(2)12-6-5(10)3-11-8(6,4-9)13-7/h5-6,9-10H,3-4H2,1-2H3. The average Bonchev–Trinajstić information content (AvgIpc) is 2.47. The van der Waals surface area contributed by atoms with E-state index < -0.39 is 23.8 Å². The normalized spacial score (nSPS) is 48.0. The molecule has 0 aliphatic carbocycles. The van der Waals surface area contributed by atoms with Crippen LogP contribution in [0.4, 0.5) is 0 Å². The summed E-state index contributed by atoms with van der Waals surface area (Å²) in [6.45, 7) is 3.27. The summed E-state index contributed by atoms with van der Waals surface area (Å²) in [6.07, 6.45) is -1.32. The third kappa shape index (κ3) is 1.28. The number of hydrogen-bond donors (Lipinski definition) is 2. The van der Waals surface area contributed by atoms with Gasteiger partial charge in [-0.05, 0) is 13.8 Å². The second-order valence-electron chi connectivity index (χ2n) is 3.89. The van der Waals surface area contributed by atoms with E-state index in [2.05, 4.69) is 0 Å². The molecule has 3 atom stereocenters. The molecule has 5 nitrogen and oxygen atoms in total.